The van der Waals surface area contributed by atoms with E-state index in [0.717, 1.165) is 22.9 Å². The number of hydrogen-bond acceptors (Lipinski definition) is 4. The fourth-order valence-electron chi connectivity index (χ4n) is 2.24. The molecule has 1 aliphatic carbocycles. The summed E-state index contributed by atoms with van der Waals surface area (Å²) in [6.07, 6.45) is 2.13. The van der Waals surface area contributed by atoms with Gasteiger partial charge in [0.05, 0.1) is 18.7 Å². The molecule has 1 fully saturated rings. The summed E-state index contributed by atoms with van der Waals surface area (Å²) in [5.41, 5.74) is 1.41. The van der Waals surface area contributed by atoms with Gasteiger partial charge in [-0.15, -0.1) is 0 Å². The van der Waals surface area contributed by atoms with E-state index in [2.05, 4.69) is 31.5 Å². The molecule has 1 saturated carbocycles. The summed E-state index contributed by atoms with van der Waals surface area (Å²) >= 11 is 3.41. The highest BCUT2D eigenvalue weighted by Gasteiger charge is 2.23. The van der Waals surface area contributed by atoms with Crippen molar-refractivity contribution < 1.29 is 14.0 Å². The van der Waals surface area contributed by atoms with Gasteiger partial charge in [-0.3, -0.25) is 9.59 Å². The number of oxazole rings is 1. The molecule has 7 heteroatoms. The summed E-state index contributed by atoms with van der Waals surface area (Å²) in [4.78, 5) is 28.0. The zero-order valence-electron chi connectivity index (χ0n) is 13.3. The highest BCUT2D eigenvalue weighted by Crippen LogP contribution is 2.24. The molecule has 3 rings (SSSR count). The van der Waals surface area contributed by atoms with Gasteiger partial charge >= 0.3 is 0 Å². The van der Waals surface area contributed by atoms with Crippen LogP contribution in [0.25, 0.3) is 11.5 Å². The van der Waals surface area contributed by atoms with Crippen molar-refractivity contribution in [3.8, 4) is 11.5 Å². The van der Waals surface area contributed by atoms with Crippen molar-refractivity contribution in [3.63, 3.8) is 0 Å². The quantitative estimate of drug-likeness (QED) is 0.791. The van der Waals surface area contributed by atoms with E-state index in [4.69, 9.17) is 4.42 Å². The highest BCUT2D eigenvalue weighted by atomic mass is 79.9. The Labute approximate surface area is 148 Å². The molecule has 6 nitrogen and oxygen atoms in total. The fourth-order valence-corrected chi connectivity index (χ4v) is 2.64. The Hall–Kier alpha value is -2.15. The van der Waals surface area contributed by atoms with Gasteiger partial charge in [-0.05, 0) is 38.0 Å². The van der Waals surface area contributed by atoms with Crippen molar-refractivity contribution in [1.29, 1.82) is 0 Å². The van der Waals surface area contributed by atoms with E-state index in [1.54, 1.807) is 6.92 Å². The van der Waals surface area contributed by atoms with E-state index < -0.39 is 0 Å². The number of halogens is 1. The number of benzene rings is 1. The number of rotatable bonds is 6. The lowest BCUT2D eigenvalue weighted by molar-refractivity contribution is -0.125. The van der Waals surface area contributed by atoms with Crippen LogP contribution in [0.5, 0.6) is 0 Å². The summed E-state index contributed by atoms with van der Waals surface area (Å²) in [7, 11) is 0. The van der Waals surface area contributed by atoms with Gasteiger partial charge in [-0.1, -0.05) is 22.0 Å². The molecule has 2 N–H and O–H groups in total. The number of carbonyl (C=O) groups is 2. The largest absolute Gasteiger partial charge is 0.441 e. The maximum atomic E-state index is 12.0. The second-order valence-electron chi connectivity index (χ2n) is 5.83. The zero-order chi connectivity index (χ0) is 17.1. The Morgan fingerprint density at radius 2 is 2.12 bits per heavy atom. The fraction of sp³-hybridized carbons (Fsp3) is 0.353. The Kier molecular flexibility index (Phi) is 4.99. The van der Waals surface area contributed by atoms with Crippen LogP contribution < -0.4 is 10.6 Å². The van der Waals surface area contributed by atoms with Crippen molar-refractivity contribution in [2.24, 2.45) is 0 Å². The van der Waals surface area contributed by atoms with E-state index >= 15 is 0 Å². The zero-order valence-corrected chi connectivity index (χ0v) is 14.9. The van der Waals surface area contributed by atoms with Crippen molar-refractivity contribution in [3.05, 3.63) is 40.2 Å². The van der Waals surface area contributed by atoms with Gasteiger partial charge in [0, 0.05) is 16.1 Å². The lowest BCUT2D eigenvalue weighted by atomic mass is 10.2. The molecular formula is C17H18BrN3O3. The topological polar surface area (TPSA) is 84.2 Å². The first kappa shape index (κ1) is 16.7. The van der Waals surface area contributed by atoms with Crippen LogP contribution in [0.2, 0.25) is 0 Å². The molecular weight excluding hydrogens is 374 g/mol. The van der Waals surface area contributed by atoms with E-state index in [1.807, 2.05) is 24.3 Å². The van der Waals surface area contributed by atoms with Crippen molar-refractivity contribution in [2.45, 2.75) is 32.2 Å². The van der Waals surface area contributed by atoms with Crippen molar-refractivity contribution >= 4 is 27.7 Å². The molecule has 0 unspecified atom stereocenters. The second kappa shape index (κ2) is 7.17. The van der Waals surface area contributed by atoms with Crippen LogP contribution in [0.1, 0.15) is 24.3 Å². The van der Waals surface area contributed by atoms with E-state index in [-0.39, 0.29) is 24.8 Å². The van der Waals surface area contributed by atoms with Crippen LogP contribution in [0.3, 0.4) is 0 Å². The molecule has 2 aromatic rings. The van der Waals surface area contributed by atoms with Gasteiger partial charge in [0.15, 0.2) is 0 Å². The second-order valence-corrected chi connectivity index (χ2v) is 6.74. The first-order chi connectivity index (χ1) is 11.5. The molecule has 0 spiro atoms. The molecule has 24 heavy (non-hydrogen) atoms. The SMILES string of the molecule is Cc1oc(-c2cccc(Br)c2)nc1CC(=O)NCC(=O)NC1CC1. The summed E-state index contributed by atoms with van der Waals surface area (Å²) in [6.45, 7) is 1.77. The summed E-state index contributed by atoms with van der Waals surface area (Å²) in [5, 5.41) is 5.43. The van der Waals surface area contributed by atoms with Crippen LogP contribution in [-0.2, 0) is 16.0 Å². The molecule has 0 aliphatic heterocycles. The number of nitrogens with one attached hydrogen (secondary N) is 2. The third-order valence-electron chi connectivity index (χ3n) is 3.68. The van der Waals surface area contributed by atoms with Crippen LogP contribution in [0.4, 0.5) is 0 Å². The number of carbonyl (C=O) groups excluding carboxylic acids is 2. The van der Waals surface area contributed by atoms with Crippen LogP contribution in [0.15, 0.2) is 33.2 Å². The van der Waals surface area contributed by atoms with Crippen molar-refractivity contribution in [2.75, 3.05) is 6.54 Å². The van der Waals surface area contributed by atoms with Gasteiger partial charge < -0.3 is 15.1 Å². The predicted molar refractivity (Wildman–Crippen MR) is 92.3 cm³/mol. The summed E-state index contributed by atoms with van der Waals surface area (Å²) in [5.74, 6) is 0.668. The monoisotopic (exact) mass is 391 g/mol. The number of nitrogens with zero attached hydrogens (tertiary/aromatic N) is 1. The molecule has 1 aromatic carbocycles. The molecule has 0 saturated heterocycles. The lowest BCUT2D eigenvalue weighted by Gasteiger charge is -2.05. The van der Waals surface area contributed by atoms with Crippen LogP contribution >= 0.6 is 15.9 Å². The first-order valence-electron chi connectivity index (χ1n) is 7.79. The highest BCUT2D eigenvalue weighted by molar-refractivity contribution is 9.10. The number of aryl methyl sites for hydroxylation is 1. The maximum absolute atomic E-state index is 12.0. The Balaban J connectivity index is 1.58. The molecule has 0 bridgehead atoms. The average Bonchev–Trinajstić information content (AvgIpc) is 3.28. The van der Waals surface area contributed by atoms with E-state index in [1.165, 1.54) is 0 Å². The smallest absolute Gasteiger partial charge is 0.239 e. The standard InChI is InChI=1S/C17H18BrN3O3/c1-10-14(8-15(22)19-9-16(23)20-13-5-6-13)21-17(24-10)11-3-2-4-12(18)7-11/h2-4,7,13H,5-6,8-9H2,1H3,(H,19,22)(H,20,23). The molecule has 2 amide bonds. The molecule has 1 aromatic heterocycles. The lowest BCUT2D eigenvalue weighted by Crippen LogP contribution is -2.38. The van der Waals surface area contributed by atoms with Crippen LogP contribution in [0, 0.1) is 6.92 Å². The molecule has 0 radical (unpaired) electrons. The van der Waals surface area contributed by atoms with Crippen LogP contribution in [-0.4, -0.2) is 29.4 Å². The average molecular weight is 392 g/mol. The van der Waals surface area contributed by atoms with Gasteiger partial charge in [0.2, 0.25) is 17.7 Å². The molecule has 126 valence electrons. The molecule has 0 atom stereocenters. The third kappa shape index (κ3) is 4.44. The predicted octanol–water partition coefficient (Wildman–Crippen LogP) is 2.35. The normalized spacial score (nSPS) is 13.6. The minimum absolute atomic E-state index is 0.00920. The van der Waals surface area contributed by atoms with Gasteiger partial charge in [0.1, 0.15) is 5.76 Å². The Morgan fingerprint density at radius 3 is 2.83 bits per heavy atom. The van der Waals surface area contributed by atoms with Crippen molar-refractivity contribution in [1.82, 2.24) is 15.6 Å². The minimum Gasteiger partial charge on any atom is -0.441 e. The molecule has 1 heterocycles. The number of hydrogen-bond donors (Lipinski definition) is 2. The summed E-state index contributed by atoms with van der Waals surface area (Å²) in [6, 6.07) is 7.89. The number of amides is 2. The van der Waals surface area contributed by atoms with E-state index in [0.29, 0.717) is 23.4 Å². The van der Waals surface area contributed by atoms with Gasteiger partial charge in [0.25, 0.3) is 0 Å². The van der Waals surface area contributed by atoms with E-state index in [9.17, 15) is 9.59 Å². The maximum Gasteiger partial charge on any atom is 0.239 e. The Morgan fingerprint density at radius 1 is 1.33 bits per heavy atom. The van der Waals surface area contributed by atoms with Gasteiger partial charge in [-0.2, -0.15) is 0 Å². The van der Waals surface area contributed by atoms with Gasteiger partial charge in [-0.25, -0.2) is 4.98 Å². The summed E-state index contributed by atoms with van der Waals surface area (Å²) < 4.78 is 6.58. The Bertz CT molecular complexity index is 768. The minimum atomic E-state index is -0.252. The third-order valence-corrected chi connectivity index (χ3v) is 4.17. The number of aromatic nitrogens is 1. The first-order valence-corrected chi connectivity index (χ1v) is 8.59. The molecule has 1 aliphatic rings.